The summed E-state index contributed by atoms with van der Waals surface area (Å²) >= 11 is 0. The molecule has 0 radical (unpaired) electrons. The van der Waals surface area contributed by atoms with Crippen LogP contribution in [0.3, 0.4) is 0 Å². The second-order valence-corrected chi connectivity index (χ2v) is 10.1. The van der Waals surface area contributed by atoms with Crippen molar-refractivity contribution in [1.82, 2.24) is 0 Å². The Morgan fingerprint density at radius 2 is 1.41 bits per heavy atom. The van der Waals surface area contributed by atoms with Crippen LogP contribution in [0, 0.1) is 35.1 Å². The molecule has 4 unspecified atom stereocenters. The maximum atomic E-state index is 14.9. The maximum Gasteiger partial charge on any atom is 0.201 e. The summed E-state index contributed by atoms with van der Waals surface area (Å²) in [5, 5.41) is 0. The van der Waals surface area contributed by atoms with E-state index in [-0.39, 0.29) is 47.2 Å². The van der Waals surface area contributed by atoms with Crippen LogP contribution in [0.1, 0.15) is 57.4 Å². The van der Waals surface area contributed by atoms with Gasteiger partial charge in [0.05, 0.1) is 18.8 Å². The Balaban J connectivity index is 1.30. The zero-order valence-corrected chi connectivity index (χ0v) is 21.4. The maximum absolute atomic E-state index is 14.9. The SMILES string of the molecule is C=CCCC1CCC(C2CCC(CCc3ccc(-c4ccc(OCC)c(F)c4F)c(F)c3F)CO2)OC1. The monoisotopic (exact) mass is 520 g/mol. The highest BCUT2D eigenvalue weighted by atomic mass is 19.2. The molecule has 4 rings (SSSR count). The van der Waals surface area contributed by atoms with Crippen LogP contribution in [0.2, 0.25) is 0 Å². The van der Waals surface area contributed by atoms with Crippen molar-refractivity contribution in [2.24, 2.45) is 11.8 Å². The molecule has 2 aliphatic heterocycles. The normalized spacial score (nSPS) is 24.1. The molecule has 0 bridgehead atoms. The molecule has 4 atom stereocenters. The first-order valence-electron chi connectivity index (χ1n) is 13.3. The van der Waals surface area contributed by atoms with E-state index in [2.05, 4.69) is 6.58 Å². The Hall–Kier alpha value is -2.38. The summed E-state index contributed by atoms with van der Waals surface area (Å²) in [7, 11) is 0. The van der Waals surface area contributed by atoms with Crippen molar-refractivity contribution in [3.63, 3.8) is 0 Å². The Morgan fingerprint density at radius 3 is 1.97 bits per heavy atom. The molecule has 0 aliphatic carbocycles. The van der Waals surface area contributed by atoms with Crippen molar-refractivity contribution in [3.8, 4) is 16.9 Å². The number of hydrogen-bond acceptors (Lipinski definition) is 3. The summed E-state index contributed by atoms with van der Waals surface area (Å²) in [6, 6.07) is 5.18. The highest BCUT2D eigenvalue weighted by Crippen LogP contribution is 2.35. The molecule has 3 nitrogen and oxygen atoms in total. The highest BCUT2D eigenvalue weighted by molar-refractivity contribution is 5.66. The molecule has 2 fully saturated rings. The third kappa shape index (κ3) is 6.55. The lowest BCUT2D eigenvalue weighted by Gasteiger charge is -2.37. The molecular weight excluding hydrogens is 484 g/mol. The first kappa shape index (κ1) is 27.6. The molecule has 0 saturated carbocycles. The van der Waals surface area contributed by atoms with Crippen molar-refractivity contribution >= 4 is 0 Å². The lowest BCUT2D eigenvalue weighted by Crippen LogP contribution is -2.40. The minimum atomic E-state index is -1.26. The standard InChI is InChI=1S/C30H36F4O3/c1-3-5-6-19-8-14-24(36-17-19)25-15-9-20(18-37-25)7-10-21-11-12-22(28(32)27(21)31)23-13-16-26(35-4-2)30(34)29(23)33/h3,11-13,16,19-20,24-25H,1,4-10,14-15,17-18H2,2H3. The van der Waals surface area contributed by atoms with Gasteiger partial charge in [-0.15, -0.1) is 6.58 Å². The molecular formula is C30H36F4O3. The van der Waals surface area contributed by atoms with Gasteiger partial charge in [-0.05, 0) is 87.8 Å². The molecule has 2 aromatic rings. The van der Waals surface area contributed by atoms with Gasteiger partial charge < -0.3 is 14.2 Å². The van der Waals surface area contributed by atoms with Gasteiger partial charge >= 0.3 is 0 Å². The third-order valence-corrected chi connectivity index (χ3v) is 7.63. The van der Waals surface area contributed by atoms with Crippen LogP contribution < -0.4 is 4.74 Å². The quantitative estimate of drug-likeness (QED) is 0.236. The second-order valence-electron chi connectivity index (χ2n) is 10.1. The highest BCUT2D eigenvalue weighted by Gasteiger charge is 2.32. The molecule has 0 spiro atoms. The van der Waals surface area contributed by atoms with E-state index in [1.165, 1.54) is 24.3 Å². The fourth-order valence-corrected chi connectivity index (χ4v) is 5.40. The smallest absolute Gasteiger partial charge is 0.201 e. The van der Waals surface area contributed by atoms with E-state index in [1.54, 1.807) is 6.92 Å². The van der Waals surface area contributed by atoms with Crippen LogP contribution in [-0.4, -0.2) is 32.0 Å². The van der Waals surface area contributed by atoms with Gasteiger partial charge in [-0.2, -0.15) is 4.39 Å². The molecule has 0 aromatic heterocycles. The summed E-state index contributed by atoms with van der Waals surface area (Å²) in [5.74, 6) is -4.11. The van der Waals surface area contributed by atoms with Crippen molar-refractivity contribution in [3.05, 3.63) is 65.8 Å². The number of allylic oxidation sites excluding steroid dienone is 1. The minimum absolute atomic E-state index is 0.0921. The Labute approximate surface area is 216 Å². The zero-order valence-electron chi connectivity index (χ0n) is 21.4. The summed E-state index contributed by atoms with van der Waals surface area (Å²) in [5.41, 5.74) is -0.437. The average Bonchev–Trinajstić information content (AvgIpc) is 2.92. The van der Waals surface area contributed by atoms with E-state index in [1.807, 2.05) is 6.08 Å². The van der Waals surface area contributed by atoms with Crippen LogP contribution in [0.4, 0.5) is 17.6 Å². The van der Waals surface area contributed by atoms with Gasteiger partial charge in [0.15, 0.2) is 23.2 Å². The van der Waals surface area contributed by atoms with Crippen molar-refractivity contribution in [2.75, 3.05) is 19.8 Å². The fourth-order valence-electron chi connectivity index (χ4n) is 5.40. The molecule has 7 heteroatoms. The number of hydrogen-bond donors (Lipinski definition) is 0. The first-order chi connectivity index (χ1) is 17.9. The fraction of sp³-hybridized carbons (Fsp3) is 0.533. The van der Waals surface area contributed by atoms with Gasteiger partial charge in [-0.3, -0.25) is 0 Å². The van der Waals surface area contributed by atoms with Crippen molar-refractivity contribution < 1.29 is 31.8 Å². The number of ether oxygens (including phenoxy) is 3. The lowest BCUT2D eigenvalue weighted by molar-refractivity contribution is -0.131. The summed E-state index contributed by atoms with van der Waals surface area (Å²) in [6.07, 6.45) is 9.31. The van der Waals surface area contributed by atoms with Crippen LogP contribution in [0.15, 0.2) is 36.9 Å². The van der Waals surface area contributed by atoms with Gasteiger partial charge in [-0.25, -0.2) is 13.2 Å². The molecule has 2 aromatic carbocycles. The largest absolute Gasteiger partial charge is 0.491 e. The number of rotatable bonds is 10. The van der Waals surface area contributed by atoms with Crippen LogP contribution in [0.25, 0.3) is 11.1 Å². The van der Waals surface area contributed by atoms with E-state index < -0.39 is 23.3 Å². The van der Waals surface area contributed by atoms with Crippen molar-refractivity contribution in [1.29, 1.82) is 0 Å². The predicted octanol–water partition coefficient (Wildman–Crippen LogP) is 7.80. The van der Waals surface area contributed by atoms with Gasteiger partial charge in [0.25, 0.3) is 0 Å². The number of halogens is 4. The summed E-state index contributed by atoms with van der Waals surface area (Å²) in [4.78, 5) is 0. The van der Waals surface area contributed by atoms with E-state index in [9.17, 15) is 17.6 Å². The molecule has 2 heterocycles. The molecule has 202 valence electrons. The molecule has 2 saturated heterocycles. The molecule has 37 heavy (non-hydrogen) atoms. The molecule has 0 N–H and O–H groups in total. The lowest BCUT2D eigenvalue weighted by atomic mass is 9.87. The van der Waals surface area contributed by atoms with E-state index in [0.717, 1.165) is 45.1 Å². The van der Waals surface area contributed by atoms with Gasteiger partial charge in [0, 0.05) is 24.3 Å². The van der Waals surface area contributed by atoms with E-state index in [4.69, 9.17) is 14.2 Å². The van der Waals surface area contributed by atoms with Crippen molar-refractivity contribution in [2.45, 2.75) is 70.5 Å². The predicted molar refractivity (Wildman–Crippen MR) is 136 cm³/mol. The zero-order chi connectivity index (χ0) is 26.4. The Kier molecular flexibility index (Phi) is 9.65. The van der Waals surface area contributed by atoms with Crippen LogP contribution in [0.5, 0.6) is 5.75 Å². The molecule has 0 amide bonds. The second kappa shape index (κ2) is 12.9. The van der Waals surface area contributed by atoms with E-state index in [0.29, 0.717) is 25.4 Å². The van der Waals surface area contributed by atoms with Crippen LogP contribution >= 0.6 is 0 Å². The van der Waals surface area contributed by atoms with Gasteiger partial charge in [-0.1, -0.05) is 18.2 Å². The third-order valence-electron chi connectivity index (χ3n) is 7.63. The minimum Gasteiger partial charge on any atom is -0.491 e. The average molecular weight is 521 g/mol. The van der Waals surface area contributed by atoms with Crippen LogP contribution in [-0.2, 0) is 15.9 Å². The van der Waals surface area contributed by atoms with E-state index >= 15 is 0 Å². The number of aryl methyl sites for hydroxylation is 1. The number of benzene rings is 2. The topological polar surface area (TPSA) is 27.7 Å². The van der Waals surface area contributed by atoms with Gasteiger partial charge in [0.2, 0.25) is 5.82 Å². The summed E-state index contributed by atoms with van der Waals surface area (Å²) in [6.45, 7) is 6.93. The Morgan fingerprint density at radius 1 is 0.811 bits per heavy atom. The first-order valence-corrected chi connectivity index (χ1v) is 13.3. The Bertz CT molecular complexity index is 1060. The molecule has 2 aliphatic rings. The van der Waals surface area contributed by atoms with Gasteiger partial charge in [0.1, 0.15) is 0 Å². The summed E-state index contributed by atoms with van der Waals surface area (Å²) < 4.78 is 75.8.